The van der Waals surface area contributed by atoms with E-state index in [2.05, 4.69) is 15.6 Å². The Kier molecular flexibility index (Phi) is 6.64. The van der Waals surface area contributed by atoms with Gasteiger partial charge in [0.15, 0.2) is 6.61 Å². The third-order valence-corrected chi connectivity index (χ3v) is 6.11. The number of rotatable bonds is 7. The van der Waals surface area contributed by atoms with Crippen molar-refractivity contribution >= 4 is 46.0 Å². The number of nitrogens with zero attached hydrogens (tertiary/aromatic N) is 1. The minimum absolute atomic E-state index is 0.188. The van der Waals surface area contributed by atoms with Gasteiger partial charge in [0, 0.05) is 22.0 Å². The molecule has 1 fully saturated rings. The summed E-state index contributed by atoms with van der Waals surface area (Å²) in [4.78, 5) is 42.8. The molecule has 0 atom stereocenters. The number of fused-ring (bicyclic) bond motifs is 1. The average molecular weight is 500 g/mol. The van der Waals surface area contributed by atoms with Crippen LogP contribution in [0.2, 0.25) is 5.02 Å². The molecule has 1 saturated carbocycles. The van der Waals surface area contributed by atoms with E-state index in [0.29, 0.717) is 38.4 Å². The number of carbonyl (C=O) groups excluding carboxylic acids is 3. The molecule has 0 spiro atoms. The lowest BCUT2D eigenvalue weighted by atomic mass is 10.0. The first-order valence-electron chi connectivity index (χ1n) is 11.5. The van der Waals surface area contributed by atoms with Gasteiger partial charge in [-0.2, -0.15) is 0 Å². The van der Waals surface area contributed by atoms with Gasteiger partial charge in [-0.25, -0.2) is 9.78 Å². The van der Waals surface area contributed by atoms with Crippen LogP contribution < -0.4 is 10.6 Å². The van der Waals surface area contributed by atoms with Crippen molar-refractivity contribution in [3.05, 3.63) is 95.0 Å². The van der Waals surface area contributed by atoms with E-state index in [1.807, 2.05) is 24.3 Å². The smallest absolute Gasteiger partial charge is 0.339 e. The van der Waals surface area contributed by atoms with Crippen LogP contribution >= 0.6 is 11.6 Å². The topological polar surface area (TPSA) is 97.4 Å². The second-order valence-electron chi connectivity index (χ2n) is 8.47. The highest BCUT2D eigenvalue weighted by molar-refractivity contribution is 6.33. The fourth-order valence-corrected chi connectivity index (χ4v) is 4.06. The summed E-state index contributed by atoms with van der Waals surface area (Å²) in [5, 5.41) is 6.67. The van der Waals surface area contributed by atoms with E-state index in [0.717, 1.165) is 12.8 Å². The lowest BCUT2D eigenvalue weighted by molar-refractivity contribution is -0.119. The maximum Gasteiger partial charge on any atom is 0.339 e. The van der Waals surface area contributed by atoms with E-state index in [9.17, 15) is 14.4 Å². The molecule has 4 aromatic rings. The Morgan fingerprint density at radius 1 is 0.917 bits per heavy atom. The average Bonchev–Trinajstić information content (AvgIpc) is 3.71. The van der Waals surface area contributed by atoms with Gasteiger partial charge < -0.3 is 15.4 Å². The third kappa shape index (κ3) is 5.21. The number of benzene rings is 3. The molecule has 3 aromatic carbocycles. The van der Waals surface area contributed by atoms with Gasteiger partial charge in [0.1, 0.15) is 0 Å². The number of amides is 2. The molecule has 1 aromatic heterocycles. The van der Waals surface area contributed by atoms with Crippen LogP contribution in [-0.2, 0) is 9.53 Å². The van der Waals surface area contributed by atoms with Crippen molar-refractivity contribution in [2.75, 3.05) is 11.9 Å². The quantitative estimate of drug-likeness (QED) is 0.339. The Bertz CT molecular complexity index is 1480. The molecule has 7 nitrogen and oxygen atoms in total. The zero-order valence-corrected chi connectivity index (χ0v) is 19.9. The highest BCUT2D eigenvalue weighted by Gasteiger charge is 2.25. The van der Waals surface area contributed by atoms with Crippen LogP contribution in [0.5, 0.6) is 0 Å². The fourth-order valence-electron chi connectivity index (χ4n) is 3.83. The lowest BCUT2D eigenvalue weighted by Crippen LogP contribution is -2.28. The van der Waals surface area contributed by atoms with E-state index in [1.165, 1.54) is 0 Å². The molecule has 0 aliphatic heterocycles. The predicted molar refractivity (Wildman–Crippen MR) is 138 cm³/mol. The molecule has 0 saturated heterocycles. The summed E-state index contributed by atoms with van der Waals surface area (Å²) in [6.45, 7) is -0.518. The molecule has 0 unspecified atom stereocenters. The number of para-hydroxylation sites is 2. The van der Waals surface area contributed by atoms with Crippen LogP contribution in [0.3, 0.4) is 0 Å². The Balaban J connectivity index is 1.33. The first-order valence-corrected chi connectivity index (χ1v) is 11.9. The Labute approximate surface area is 212 Å². The Morgan fingerprint density at radius 3 is 2.44 bits per heavy atom. The van der Waals surface area contributed by atoms with Gasteiger partial charge in [0.2, 0.25) is 0 Å². The highest BCUT2D eigenvalue weighted by atomic mass is 35.5. The minimum atomic E-state index is -0.670. The number of hydrogen-bond acceptors (Lipinski definition) is 5. The van der Waals surface area contributed by atoms with E-state index >= 15 is 0 Å². The zero-order valence-electron chi connectivity index (χ0n) is 19.2. The first-order chi connectivity index (χ1) is 17.5. The fraction of sp³-hybridized carbons (Fsp3) is 0.143. The SMILES string of the molecule is O=C(COC(=O)c1cc(-c2ccccc2Cl)nc2ccccc12)Nc1ccccc1C(=O)NC1CC1. The Hall–Kier alpha value is -4.23. The number of aromatic nitrogens is 1. The standard InChI is InChI=1S/C28H22ClN3O4/c29-22-10-4-1-8-19(22)25-15-21(18-7-2-5-11-23(18)31-25)28(35)36-16-26(33)32-24-12-6-3-9-20(24)27(34)30-17-13-14-17/h1-12,15,17H,13-14,16H2,(H,30,34)(H,32,33). The molecular weight excluding hydrogens is 478 g/mol. The number of halogens is 1. The molecule has 2 amide bonds. The van der Waals surface area contributed by atoms with Crippen LogP contribution in [-0.4, -0.2) is 35.4 Å². The summed E-state index contributed by atoms with van der Waals surface area (Å²) >= 11 is 6.35. The van der Waals surface area contributed by atoms with Gasteiger partial charge in [-0.05, 0) is 43.2 Å². The predicted octanol–water partition coefficient (Wildman–Crippen LogP) is 5.24. The molecule has 5 rings (SSSR count). The number of anilines is 1. The maximum atomic E-state index is 13.1. The number of pyridine rings is 1. The van der Waals surface area contributed by atoms with Gasteiger partial charge in [-0.3, -0.25) is 9.59 Å². The van der Waals surface area contributed by atoms with Crippen LogP contribution in [0, 0.1) is 0 Å². The van der Waals surface area contributed by atoms with Crippen molar-refractivity contribution in [2.45, 2.75) is 18.9 Å². The van der Waals surface area contributed by atoms with Crippen molar-refractivity contribution in [3.63, 3.8) is 0 Å². The number of nitrogens with one attached hydrogen (secondary N) is 2. The van der Waals surface area contributed by atoms with Crippen LogP contribution in [0.25, 0.3) is 22.2 Å². The molecular formula is C28H22ClN3O4. The molecule has 1 aliphatic carbocycles. The maximum absolute atomic E-state index is 13.1. The summed E-state index contributed by atoms with van der Waals surface area (Å²) in [5.74, 6) is -1.47. The molecule has 8 heteroatoms. The molecule has 1 aliphatic rings. The van der Waals surface area contributed by atoms with E-state index in [4.69, 9.17) is 16.3 Å². The first kappa shape index (κ1) is 23.5. The number of esters is 1. The second kappa shape index (κ2) is 10.2. The largest absolute Gasteiger partial charge is 0.452 e. The van der Waals surface area contributed by atoms with Crippen molar-refractivity contribution in [1.29, 1.82) is 0 Å². The van der Waals surface area contributed by atoms with Gasteiger partial charge in [0.25, 0.3) is 11.8 Å². The van der Waals surface area contributed by atoms with Crippen LogP contribution in [0.15, 0.2) is 78.9 Å². The Morgan fingerprint density at radius 2 is 1.64 bits per heavy atom. The normalized spacial score (nSPS) is 12.7. The lowest BCUT2D eigenvalue weighted by Gasteiger charge is -2.12. The summed E-state index contributed by atoms with van der Waals surface area (Å²) in [5.41, 5.74) is 2.78. The summed E-state index contributed by atoms with van der Waals surface area (Å²) in [6, 6.07) is 22.9. The van der Waals surface area contributed by atoms with Gasteiger partial charge in [-0.1, -0.05) is 60.1 Å². The second-order valence-corrected chi connectivity index (χ2v) is 8.88. The summed E-state index contributed by atoms with van der Waals surface area (Å²) in [6.07, 6.45) is 1.91. The molecule has 2 N–H and O–H groups in total. The monoisotopic (exact) mass is 499 g/mol. The van der Waals surface area contributed by atoms with Gasteiger partial charge in [-0.15, -0.1) is 0 Å². The van der Waals surface area contributed by atoms with Gasteiger partial charge >= 0.3 is 5.97 Å². The zero-order chi connectivity index (χ0) is 25.1. The number of hydrogen-bond donors (Lipinski definition) is 2. The highest BCUT2D eigenvalue weighted by Crippen LogP contribution is 2.30. The van der Waals surface area contributed by atoms with Crippen molar-refractivity contribution in [1.82, 2.24) is 10.3 Å². The molecule has 180 valence electrons. The van der Waals surface area contributed by atoms with Crippen molar-refractivity contribution in [3.8, 4) is 11.3 Å². The molecule has 36 heavy (non-hydrogen) atoms. The molecule has 1 heterocycles. The summed E-state index contributed by atoms with van der Waals surface area (Å²) < 4.78 is 5.35. The van der Waals surface area contributed by atoms with E-state index in [-0.39, 0.29) is 17.5 Å². The van der Waals surface area contributed by atoms with E-state index in [1.54, 1.807) is 54.6 Å². The van der Waals surface area contributed by atoms with Crippen molar-refractivity contribution in [2.24, 2.45) is 0 Å². The van der Waals surface area contributed by atoms with Crippen molar-refractivity contribution < 1.29 is 19.1 Å². The van der Waals surface area contributed by atoms with E-state index < -0.39 is 18.5 Å². The minimum Gasteiger partial charge on any atom is -0.452 e. The van der Waals surface area contributed by atoms with Gasteiger partial charge in [0.05, 0.1) is 28.0 Å². The third-order valence-electron chi connectivity index (χ3n) is 5.78. The summed E-state index contributed by atoms with van der Waals surface area (Å²) in [7, 11) is 0. The van der Waals surface area contributed by atoms with Crippen LogP contribution in [0.1, 0.15) is 33.6 Å². The molecule has 0 bridgehead atoms. The molecule has 0 radical (unpaired) electrons. The number of ether oxygens (including phenoxy) is 1. The number of carbonyl (C=O) groups is 3. The van der Waals surface area contributed by atoms with Crippen LogP contribution in [0.4, 0.5) is 5.69 Å².